The summed E-state index contributed by atoms with van der Waals surface area (Å²) in [6.45, 7) is 0.520. The Hall–Kier alpha value is -2.81. The van der Waals surface area contributed by atoms with Crippen molar-refractivity contribution >= 4 is 28.7 Å². The van der Waals surface area contributed by atoms with Gasteiger partial charge in [-0.1, -0.05) is 24.3 Å². The summed E-state index contributed by atoms with van der Waals surface area (Å²) in [5.74, 6) is -0.157. The molecule has 0 aliphatic carbocycles. The number of carbonyl (C=O) groups is 1. The molecule has 0 bridgehead atoms. The second-order valence-electron chi connectivity index (χ2n) is 7.55. The molecule has 2 aromatic heterocycles. The predicted molar refractivity (Wildman–Crippen MR) is 109 cm³/mol. The topological polar surface area (TPSA) is 50.2 Å². The van der Waals surface area contributed by atoms with Crippen molar-refractivity contribution < 1.29 is 18.0 Å². The minimum Gasteiger partial charge on any atom is -0.363 e. The Morgan fingerprint density at radius 3 is 2.80 bits per heavy atom. The van der Waals surface area contributed by atoms with Gasteiger partial charge < -0.3 is 10.2 Å². The number of hydrogen-bond acceptors (Lipinski definition) is 4. The Morgan fingerprint density at radius 1 is 1.20 bits per heavy atom. The second-order valence-corrected chi connectivity index (χ2v) is 8.53. The molecule has 0 saturated heterocycles. The quantitative estimate of drug-likeness (QED) is 0.606. The fourth-order valence-corrected chi connectivity index (χ4v) is 5.03. The van der Waals surface area contributed by atoms with Crippen molar-refractivity contribution in [1.29, 1.82) is 0 Å². The average molecular weight is 432 g/mol. The Labute approximate surface area is 175 Å². The Balaban J connectivity index is 1.51. The molecule has 0 unspecified atom stereocenters. The molecule has 0 spiro atoms. The van der Waals surface area contributed by atoms with E-state index in [4.69, 9.17) is 0 Å². The van der Waals surface area contributed by atoms with Crippen LogP contribution in [0.2, 0.25) is 0 Å². The molecular weight excluding hydrogens is 413 g/mol. The maximum absolute atomic E-state index is 13.8. The minimum absolute atomic E-state index is 0.0234. The molecule has 156 valence electrons. The van der Waals surface area contributed by atoms with Gasteiger partial charge >= 0.3 is 6.18 Å². The van der Waals surface area contributed by atoms with Crippen molar-refractivity contribution in [3.05, 3.63) is 64.0 Å². The van der Waals surface area contributed by atoms with Crippen LogP contribution in [0.3, 0.4) is 0 Å². The second kappa shape index (κ2) is 7.16. The third-order valence-electron chi connectivity index (χ3n) is 5.65. The monoisotopic (exact) mass is 432 g/mol. The van der Waals surface area contributed by atoms with E-state index >= 15 is 0 Å². The van der Waals surface area contributed by atoms with Crippen LogP contribution >= 0.6 is 11.3 Å². The van der Waals surface area contributed by atoms with E-state index in [9.17, 15) is 18.0 Å². The van der Waals surface area contributed by atoms with Crippen LogP contribution in [0.5, 0.6) is 0 Å². The highest BCUT2D eigenvalue weighted by molar-refractivity contribution is 7.10. The molecule has 4 heterocycles. The first-order chi connectivity index (χ1) is 14.4. The fraction of sp³-hybridized carbons (Fsp3) is 0.333. The number of anilines is 2. The van der Waals surface area contributed by atoms with Crippen LogP contribution in [-0.4, -0.2) is 28.4 Å². The van der Waals surface area contributed by atoms with E-state index in [1.54, 1.807) is 4.90 Å². The molecule has 0 radical (unpaired) electrons. The number of alkyl halides is 3. The number of nitrogens with one attached hydrogen (secondary N) is 1. The van der Waals surface area contributed by atoms with Gasteiger partial charge in [0.2, 0.25) is 0 Å². The Kier molecular flexibility index (Phi) is 4.57. The number of carbonyl (C=O) groups excluding carboxylic acids is 1. The first-order valence-corrected chi connectivity index (χ1v) is 10.7. The van der Waals surface area contributed by atoms with Gasteiger partial charge in [0.25, 0.3) is 5.91 Å². The molecule has 2 atom stereocenters. The van der Waals surface area contributed by atoms with Crippen LogP contribution in [0, 0.1) is 0 Å². The van der Waals surface area contributed by atoms with Gasteiger partial charge in [0.1, 0.15) is 5.82 Å². The number of halogens is 3. The molecule has 2 aliphatic rings. The van der Waals surface area contributed by atoms with E-state index in [0.717, 1.165) is 33.7 Å². The van der Waals surface area contributed by atoms with E-state index < -0.39 is 18.3 Å². The molecular formula is C21H19F3N4OS. The van der Waals surface area contributed by atoms with E-state index in [1.807, 2.05) is 41.8 Å². The normalized spacial score (nSPS) is 21.0. The summed E-state index contributed by atoms with van der Waals surface area (Å²) in [6, 6.07) is 10.4. The van der Waals surface area contributed by atoms with Crippen LogP contribution in [0.4, 0.5) is 24.7 Å². The number of nitrogens with zero attached hydrogens (tertiary/aromatic N) is 3. The van der Waals surface area contributed by atoms with E-state index in [1.165, 1.54) is 17.4 Å². The van der Waals surface area contributed by atoms with Crippen LogP contribution in [0.25, 0.3) is 0 Å². The lowest BCUT2D eigenvalue weighted by Crippen LogP contribution is -2.37. The zero-order chi connectivity index (χ0) is 20.9. The molecule has 1 N–H and O–H groups in total. The number of amides is 1. The molecule has 3 aromatic rings. The van der Waals surface area contributed by atoms with E-state index in [0.29, 0.717) is 6.54 Å². The van der Waals surface area contributed by atoms with Crippen molar-refractivity contribution in [2.45, 2.75) is 37.5 Å². The van der Waals surface area contributed by atoms with Gasteiger partial charge in [0, 0.05) is 29.6 Å². The molecule has 0 fully saturated rings. The number of benzene rings is 1. The number of thiophene rings is 1. The number of fused-ring (bicyclic) bond motifs is 2. The van der Waals surface area contributed by atoms with Gasteiger partial charge in [-0.3, -0.25) is 4.79 Å². The molecule has 1 aromatic carbocycles. The highest BCUT2D eigenvalue weighted by Crippen LogP contribution is 2.44. The summed E-state index contributed by atoms with van der Waals surface area (Å²) in [6.07, 6.45) is -2.95. The first-order valence-electron chi connectivity index (χ1n) is 9.78. The summed E-state index contributed by atoms with van der Waals surface area (Å²) in [5, 5.41) is 9.09. The van der Waals surface area contributed by atoms with Gasteiger partial charge in [-0.15, -0.1) is 11.3 Å². The summed E-state index contributed by atoms with van der Waals surface area (Å²) in [5.41, 5.74) is 1.89. The fourth-order valence-electron chi connectivity index (χ4n) is 4.24. The van der Waals surface area contributed by atoms with Crippen molar-refractivity contribution in [2.75, 3.05) is 16.8 Å². The molecule has 30 heavy (non-hydrogen) atoms. The molecule has 1 amide bonds. The highest BCUT2D eigenvalue weighted by Gasteiger charge is 2.47. The Bertz CT molecular complexity index is 1080. The van der Waals surface area contributed by atoms with Gasteiger partial charge in [-0.25, -0.2) is 4.68 Å². The van der Waals surface area contributed by atoms with E-state index in [2.05, 4.69) is 10.4 Å². The minimum atomic E-state index is -4.46. The third kappa shape index (κ3) is 3.27. The zero-order valence-electron chi connectivity index (χ0n) is 15.9. The van der Waals surface area contributed by atoms with Crippen molar-refractivity contribution in [3.63, 3.8) is 0 Å². The Morgan fingerprint density at radius 2 is 2.03 bits per heavy atom. The van der Waals surface area contributed by atoms with Gasteiger partial charge in [-0.2, -0.15) is 18.3 Å². The first kappa shape index (κ1) is 19.2. The summed E-state index contributed by atoms with van der Waals surface area (Å²) in [7, 11) is 0. The van der Waals surface area contributed by atoms with Crippen LogP contribution in [0.1, 0.15) is 45.9 Å². The van der Waals surface area contributed by atoms with Gasteiger partial charge in [-0.05, 0) is 35.9 Å². The molecule has 5 rings (SSSR count). The summed E-state index contributed by atoms with van der Waals surface area (Å²) in [4.78, 5) is 15.6. The molecule has 9 heteroatoms. The molecule has 0 saturated carbocycles. The molecule has 2 aliphatic heterocycles. The maximum Gasteiger partial charge on any atom is 0.410 e. The highest BCUT2D eigenvalue weighted by atomic mass is 32.1. The number of rotatable bonds is 2. The zero-order valence-corrected chi connectivity index (χ0v) is 16.7. The smallest absolute Gasteiger partial charge is 0.363 e. The maximum atomic E-state index is 13.8. The lowest BCUT2D eigenvalue weighted by atomic mass is 10.0. The lowest BCUT2D eigenvalue weighted by molar-refractivity contribution is -0.173. The number of hydrogen-bond donors (Lipinski definition) is 1. The standard InChI is InChI=1S/C21H19F3N4OS/c22-21(23,24)18-11-14(17-8-4-10-30-17)25-19-12-15(26-28(18)19)20(29)27-9-3-6-13-5-1-2-7-16(13)27/h1-2,4-5,7-8,10,12,14,18,25H,3,6,9,11H2/t14-,18+/m1/s1. The van der Waals surface area contributed by atoms with Crippen molar-refractivity contribution in [1.82, 2.24) is 9.78 Å². The molecule has 5 nitrogen and oxygen atoms in total. The van der Waals surface area contributed by atoms with Crippen LogP contribution in [-0.2, 0) is 6.42 Å². The van der Waals surface area contributed by atoms with Crippen LogP contribution in [0.15, 0.2) is 47.8 Å². The van der Waals surface area contributed by atoms with Gasteiger partial charge in [0.05, 0.1) is 6.04 Å². The lowest BCUT2D eigenvalue weighted by Gasteiger charge is -2.32. The van der Waals surface area contributed by atoms with Crippen molar-refractivity contribution in [3.8, 4) is 0 Å². The van der Waals surface area contributed by atoms with E-state index in [-0.39, 0.29) is 23.8 Å². The third-order valence-corrected chi connectivity index (χ3v) is 6.64. The summed E-state index contributed by atoms with van der Waals surface area (Å²) >= 11 is 1.41. The summed E-state index contributed by atoms with van der Waals surface area (Å²) < 4.78 is 42.4. The average Bonchev–Trinajstić information content (AvgIpc) is 3.41. The number of aryl methyl sites for hydroxylation is 1. The SMILES string of the molecule is O=C(c1cc2n(n1)[C@H](C(F)(F)F)C[C@H](c1cccs1)N2)N1CCCc2ccccc21. The van der Waals surface area contributed by atoms with Crippen molar-refractivity contribution in [2.24, 2.45) is 0 Å². The number of aromatic nitrogens is 2. The van der Waals surface area contributed by atoms with Gasteiger partial charge in [0.15, 0.2) is 11.7 Å². The number of para-hydroxylation sites is 1. The van der Waals surface area contributed by atoms with Crippen LogP contribution < -0.4 is 10.2 Å². The largest absolute Gasteiger partial charge is 0.410 e. The predicted octanol–water partition coefficient (Wildman–Crippen LogP) is 5.20.